The van der Waals surface area contributed by atoms with E-state index in [4.69, 9.17) is 5.11 Å². The number of imidazole rings is 1. The fourth-order valence-corrected chi connectivity index (χ4v) is 1.18. The number of aromatic nitrogens is 2. The molecule has 1 aromatic heterocycles. The summed E-state index contributed by atoms with van der Waals surface area (Å²) in [5.41, 5.74) is 0.721. The van der Waals surface area contributed by atoms with Crippen LogP contribution in [0, 0.1) is 0 Å². The lowest BCUT2D eigenvalue weighted by molar-refractivity contribution is -0.140. The average molecular weight is 213 g/mol. The molecule has 0 fully saturated rings. The first kappa shape index (κ1) is 11.7. The van der Waals surface area contributed by atoms with Crippen molar-refractivity contribution in [2.24, 2.45) is 0 Å². The Morgan fingerprint density at radius 2 is 2.47 bits per heavy atom. The van der Waals surface area contributed by atoms with Gasteiger partial charge in [-0.3, -0.25) is 10.1 Å². The van der Waals surface area contributed by atoms with E-state index < -0.39 is 18.2 Å². The van der Waals surface area contributed by atoms with Gasteiger partial charge in [-0.2, -0.15) is 0 Å². The fourth-order valence-electron chi connectivity index (χ4n) is 1.18. The number of carboxylic acid groups (broad SMARTS) is 1. The van der Waals surface area contributed by atoms with Crippen molar-refractivity contribution in [1.82, 2.24) is 15.3 Å². The van der Waals surface area contributed by atoms with E-state index in [0.29, 0.717) is 6.42 Å². The van der Waals surface area contributed by atoms with Crippen molar-refractivity contribution in [2.75, 3.05) is 0 Å². The highest BCUT2D eigenvalue weighted by Crippen LogP contribution is 2.00. The Hall–Kier alpha value is -1.40. The summed E-state index contributed by atoms with van der Waals surface area (Å²) in [6.45, 7) is 1.77. The summed E-state index contributed by atoms with van der Waals surface area (Å²) in [6, 6.07) is -0.805. The molecule has 0 spiro atoms. The minimum atomic E-state index is -0.989. The maximum Gasteiger partial charge on any atom is 0.321 e. The molecule has 0 bridgehead atoms. The van der Waals surface area contributed by atoms with Gasteiger partial charge in [0.2, 0.25) is 0 Å². The Morgan fingerprint density at radius 1 is 1.73 bits per heavy atom. The van der Waals surface area contributed by atoms with Gasteiger partial charge >= 0.3 is 5.97 Å². The molecule has 2 unspecified atom stereocenters. The molecule has 0 saturated carbocycles. The van der Waals surface area contributed by atoms with Crippen LogP contribution < -0.4 is 5.32 Å². The van der Waals surface area contributed by atoms with Gasteiger partial charge in [0, 0.05) is 18.3 Å². The second-order valence-corrected chi connectivity index (χ2v) is 3.26. The number of nitrogens with one attached hydrogen (secondary N) is 2. The number of nitrogens with zero attached hydrogens (tertiary/aromatic N) is 1. The van der Waals surface area contributed by atoms with Crippen LogP contribution in [0.3, 0.4) is 0 Å². The van der Waals surface area contributed by atoms with Gasteiger partial charge in [-0.15, -0.1) is 0 Å². The summed E-state index contributed by atoms with van der Waals surface area (Å²) in [6.07, 6.45) is 2.99. The van der Waals surface area contributed by atoms with Gasteiger partial charge in [0.25, 0.3) is 0 Å². The molecule has 84 valence electrons. The summed E-state index contributed by atoms with van der Waals surface area (Å²) >= 11 is 0. The van der Waals surface area contributed by atoms with E-state index in [-0.39, 0.29) is 6.42 Å². The number of carboxylic acids is 1. The van der Waals surface area contributed by atoms with Gasteiger partial charge in [0.05, 0.1) is 6.33 Å². The van der Waals surface area contributed by atoms with Crippen LogP contribution in [0.15, 0.2) is 12.5 Å². The van der Waals surface area contributed by atoms with Gasteiger partial charge in [-0.25, -0.2) is 4.98 Å². The first-order chi connectivity index (χ1) is 7.13. The van der Waals surface area contributed by atoms with E-state index >= 15 is 0 Å². The highest BCUT2D eigenvalue weighted by molar-refractivity contribution is 5.73. The van der Waals surface area contributed by atoms with E-state index in [0.717, 1.165) is 5.69 Å². The molecule has 2 atom stereocenters. The number of rotatable bonds is 6. The van der Waals surface area contributed by atoms with Crippen molar-refractivity contribution in [3.8, 4) is 0 Å². The third-order valence-electron chi connectivity index (χ3n) is 2.06. The lowest BCUT2D eigenvalue weighted by Gasteiger charge is -2.17. The number of H-pyrrole nitrogens is 1. The molecule has 1 heterocycles. The Balaban J connectivity index is 2.55. The van der Waals surface area contributed by atoms with Gasteiger partial charge in [0.1, 0.15) is 12.3 Å². The van der Waals surface area contributed by atoms with E-state index in [1.54, 1.807) is 13.1 Å². The number of hydrogen-bond donors (Lipinski definition) is 4. The lowest BCUT2D eigenvalue weighted by Crippen LogP contribution is -2.44. The van der Waals surface area contributed by atoms with Gasteiger partial charge < -0.3 is 15.2 Å². The standard InChI is InChI=1S/C9H15N3O3/c1-2-8(13)12-7(9(14)15)3-6-4-10-5-11-6/h4-5,7-8,12-13H,2-3H2,1H3,(H,10,11)(H,14,15). The Morgan fingerprint density at radius 3 is 2.93 bits per heavy atom. The summed E-state index contributed by atoms with van der Waals surface area (Å²) < 4.78 is 0. The maximum absolute atomic E-state index is 10.9. The number of carbonyl (C=O) groups is 1. The molecule has 0 aliphatic carbocycles. The van der Waals surface area contributed by atoms with Crippen LogP contribution in [0.5, 0.6) is 0 Å². The van der Waals surface area contributed by atoms with Crippen LogP contribution in [0.2, 0.25) is 0 Å². The highest BCUT2D eigenvalue weighted by atomic mass is 16.4. The van der Waals surface area contributed by atoms with Crippen LogP contribution in [-0.4, -0.2) is 38.4 Å². The summed E-state index contributed by atoms with van der Waals surface area (Å²) in [4.78, 5) is 17.5. The largest absolute Gasteiger partial charge is 0.480 e. The summed E-state index contributed by atoms with van der Waals surface area (Å²) in [5, 5.41) is 20.8. The van der Waals surface area contributed by atoms with Crippen LogP contribution in [0.1, 0.15) is 19.0 Å². The molecule has 4 N–H and O–H groups in total. The van der Waals surface area contributed by atoms with Crippen LogP contribution in [-0.2, 0) is 11.2 Å². The molecule has 0 radical (unpaired) electrons. The second-order valence-electron chi connectivity index (χ2n) is 3.26. The Kier molecular flexibility index (Phi) is 4.26. The normalized spacial score (nSPS) is 14.8. The van der Waals surface area contributed by atoms with Crippen molar-refractivity contribution in [2.45, 2.75) is 32.0 Å². The molecule has 6 nitrogen and oxygen atoms in total. The van der Waals surface area contributed by atoms with Crippen molar-refractivity contribution in [3.63, 3.8) is 0 Å². The minimum Gasteiger partial charge on any atom is -0.480 e. The molecular weight excluding hydrogens is 198 g/mol. The summed E-state index contributed by atoms with van der Waals surface area (Å²) in [5.74, 6) is -0.989. The van der Waals surface area contributed by atoms with Crippen LogP contribution in [0.4, 0.5) is 0 Å². The van der Waals surface area contributed by atoms with Gasteiger partial charge in [0.15, 0.2) is 0 Å². The van der Waals surface area contributed by atoms with Crippen LogP contribution >= 0.6 is 0 Å². The van der Waals surface area contributed by atoms with Crippen molar-refractivity contribution >= 4 is 5.97 Å². The van der Waals surface area contributed by atoms with Crippen LogP contribution in [0.25, 0.3) is 0 Å². The number of aromatic amines is 1. The molecule has 0 aromatic carbocycles. The zero-order chi connectivity index (χ0) is 11.3. The Labute approximate surface area is 87.3 Å². The maximum atomic E-state index is 10.9. The SMILES string of the molecule is CCC(O)NC(Cc1cnc[nH]1)C(=O)O. The molecule has 6 heteroatoms. The van der Waals surface area contributed by atoms with E-state index in [9.17, 15) is 9.90 Å². The summed E-state index contributed by atoms with van der Waals surface area (Å²) in [7, 11) is 0. The molecule has 0 saturated heterocycles. The van der Waals surface area contributed by atoms with E-state index in [1.807, 2.05) is 0 Å². The smallest absolute Gasteiger partial charge is 0.321 e. The highest BCUT2D eigenvalue weighted by Gasteiger charge is 2.20. The topological polar surface area (TPSA) is 98.2 Å². The second kappa shape index (κ2) is 5.47. The van der Waals surface area contributed by atoms with Gasteiger partial charge in [-0.05, 0) is 6.42 Å². The molecule has 0 amide bonds. The van der Waals surface area contributed by atoms with E-state index in [1.165, 1.54) is 6.33 Å². The lowest BCUT2D eigenvalue weighted by atomic mass is 10.1. The predicted octanol–water partition coefficient (Wildman–Crippen LogP) is -0.277. The zero-order valence-electron chi connectivity index (χ0n) is 8.47. The molecule has 0 aliphatic rings. The average Bonchev–Trinajstić information content (AvgIpc) is 2.69. The zero-order valence-corrected chi connectivity index (χ0v) is 8.47. The van der Waals surface area contributed by atoms with Crippen molar-refractivity contribution in [3.05, 3.63) is 18.2 Å². The quantitative estimate of drug-likeness (QED) is 0.487. The first-order valence-electron chi connectivity index (χ1n) is 4.77. The number of aliphatic hydroxyl groups is 1. The predicted molar refractivity (Wildman–Crippen MR) is 53.1 cm³/mol. The monoisotopic (exact) mass is 213 g/mol. The van der Waals surface area contributed by atoms with Gasteiger partial charge in [-0.1, -0.05) is 6.92 Å². The third-order valence-corrected chi connectivity index (χ3v) is 2.06. The first-order valence-corrected chi connectivity index (χ1v) is 4.77. The molecule has 1 aromatic rings. The fraction of sp³-hybridized carbons (Fsp3) is 0.556. The number of hydrogen-bond acceptors (Lipinski definition) is 4. The minimum absolute atomic E-state index is 0.270. The molecule has 1 rings (SSSR count). The third kappa shape index (κ3) is 3.69. The van der Waals surface area contributed by atoms with E-state index in [2.05, 4.69) is 15.3 Å². The number of aliphatic hydroxyl groups excluding tert-OH is 1. The van der Waals surface area contributed by atoms with Crippen molar-refractivity contribution in [1.29, 1.82) is 0 Å². The Bertz CT molecular complexity index is 300. The number of aliphatic carboxylic acids is 1. The molecule has 0 aliphatic heterocycles. The molecule has 15 heavy (non-hydrogen) atoms. The molecular formula is C9H15N3O3. The van der Waals surface area contributed by atoms with Crippen molar-refractivity contribution < 1.29 is 15.0 Å².